The van der Waals surface area contributed by atoms with Gasteiger partial charge in [0.15, 0.2) is 15.1 Å². The van der Waals surface area contributed by atoms with E-state index in [0.717, 1.165) is 17.3 Å². The molecular weight excluding hydrogens is 490 g/mol. The summed E-state index contributed by atoms with van der Waals surface area (Å²) in [6.07, 6.45) is 0. The number of amides is 2. The van der Waals surface area contributed by atoms with Crippen molar-refractivity contribution in [1.29, 1.82) is 0 Å². The molecular formula is C24H29N3O6S2. The van der Waals surface area contributed by atoms with E-state index in [0.29, 0.717) is 5.69 Å². The van der Waals surface area contributed by atoms with Crippen LogP contribution >= 0.6 is 11.8 Å². The standard InChI is InChI=1S/C24H29N3O6S2/c1-24(2,3)15-9-11-16(12-10-15)35(31,32)19-13-25-23(27-21(19)29)34-14-20(28)26-18-8-6-5-7-17(18)22(30)33-4/h5-12,19,23,25H,13-14H2,1-4H3,(H,26,28)(H,27,29). The molecule has 1 aliphatic rings. The number of hydrogen-bond donors (Lipinski definition) is 3. The summed E-state index contributed by atoms with van der Waals surface area (Å²) in [4.78, 5) is 37.0. The first kappa shape index (κ1) is 26.7. The van der Waals surface area contributed by atoms with Gasteiger partial charge in [-0.2, -0.15) is 0 Å². The first-order valence-corrected chi connectivity index (χ1v) is 13.5. The first-order chi connectivity index (χ1) is 16.4. The summed E-state index contributed by atoms with van der Waals surface area (Å²) >= 11 is 1.10. The largest absolute Gasteiger partial charge is 0.465 e. The smallest absolute Gasteiger partial charge is 0.339 e. The number of para-hydroxylation sites is 1. The molecule has 2 aromatic carbocycles. The highest BCUT2D eigenvalue weighted by Gasteiger charge is 2.38. The van der Waals surface area contributed by atoms with Crippen molar-refractivity contribution in [2.75, 3.05) is 24.7 Å². The normalized spacial score (nSPS) is 18.5. The van der Waals surface area contributed by atoms with Crippen molar-refractivity contribution in [3.05, 3.63) is 59.7 Å². The van der Waals surface area contributed by atoms with E-state index in [9.17, 15) is 22.8 Å². The molecule has 9 nitrogen and oxygen atoms in total. The summed E-state index contributed by atoms with van der Waals surface area (Å²) in [7, 11) is -2.64. The molecule has 1 heterocycles. The van der Waals surface area contributed by atoms with E-state index in [1.54, 1.807) is 30.3 Å². The van der Waals surface area contributed by atoms with E-state index in [4.69, 9.17) is 4.74 Å². The molecule has 1 fully saturated rings. The summed E-state index contributed by atoms with van der Waals surface area (Å²) in [6.45, 7) is 6.01. The number of carbonyl (C=O) groups excluding carboxylic acids is 3. The third-order valence-electron chi connectivity index (χ3n) is 5.47. The van der Waals surface area contributed by atoms with E-state index in [1.807, 2.05) is 20.8 Å². The molecule has 188 valence electrons. The van der Waals surface area contributed by atoms with Crippen LogP contribution in [0.5, 0.6) is 0 Å². The predicted molar refractivity (Wildman–Crippen MR) is 135 cm³/mol. The highest BCUT2D eigenvalue weighted by Crippen LogP contribution is 2.26. The molecule has 3 rings (SSSR count). The average Bonchev–Trinajstić information content (AvgIpc) is 2.82. The van der Waals surface area contributed by atoms with Gasteiger partial charge in [0.25, 0.3) is 0 Å². The number of thioether (sulfide) groups is 1. The highest BCUT2D eigenvalue weighted by atomic mass is 32.2. The Balaban J connectivity index is 1.57. The number of ether oxygens (including phenoxy) is 1. The SMILES string of the molecule is COC(=O)c1ccccc1NC(=O)CSC1NCC(S(=O)(=O)c2ccc(C(C)(C)C)cc2)C(=O)N1. The number of methoxy groups -OCH3 is 1. The van der Waals surface area contributed by atoms with E-state index in [-0.39, 0.29) is 28.2 Å². The number of rotatable bonds is 7. The lowest BCUT2D eigenvalue weighted by Gasteiger charge is -2.29. The third kappa shape index (κ3) is 6.41. The summed E-state index contributed by atoms with van der Waals surface area (Å²) in [5.41, 5.74) is 0.769. The minimum atomic E-state index is -3.89. The lowest BCUT2D eigenvalue weighted by molar-refractivity contribution is -0.122. The minimum absolute atomic E-state index is 0.0425. The molecule has 0 aliphatic carbocycles. The average molecular weight is 520 g/mol. The van der Waals surface area contributed by atoms with Gasteiger partial charge in [-0.25, -0.2) is 13.2 Å². The van der Waals surface area contributed by atoms with Crippen LogP contribution in [0.3, 0.4) is 0 Å². The van der Waals surface area contributed by atoms with Crippen molar-refractivity contribution in [1.82, 2.24) is 10.6 Å². The number of benzene rings is 2. The molecule has 0 radical (unpaired) electrons. The van der Waals surface area contributed by atoms with Gasteiger partial charge in [-0.15, -0.1) is 11.8 Å². The monoisotopic (exact) mass is 519 g/mol. The van der Waals surface area contributed by atoms with Crippen LogP contribution in [-0.2, 0) is 29.6 Å². The Bertz CT molecular complexity index is 1210. The molecule has 1 aliphatic heterocycles. The van der Waals surface area contributed by atoms with Crippen LogP contribution in [-0.4, -0.2) is 56.4 Å². The van der Waals surface area contributed by atoms with Crippen LogP contribution in [0.25, 0.3) is 0 Å². The van der Waals surface area contributed by atoms with Gasteiger partial charge in [-0.3, -0.25) is 14.9 Å². The predicted octanol–water partition coefficient (Wildman–Crippen LogP) is 2.29. The fraction of sp³-hybridized carbons (Fsp3) is 0.375. The van der Waals surface area contributed by atoms with Crippen LogP contribution in [0.1, 0.15) is 36.7 Å². The second-order valence-corrected chi connectivity index (χ2v) is 12.2. The molecule has 3 N–H and O–H groups in total. The van der Waals surface area contributed by atoms with E-state index < -0.39 is 38.4 Å². The maximum atomic E-state index is 13.0. The van der Waals surface area contributed by atoms with Crippen molar-refractivity contribution in [2.45, 2.75) is 41.8 Å². The molecule has 1 saturated heterocycles. The molecule has 11 heteroatoms. The number of sulfone groups is 1. The summed E-state index contributed by atoms with van der Waals surface area (Å²) in [6, 6.07) is 13.0. The van der Waals surface area contributed by atoms with Gasteiger partial charge in [0.05, 0.1) is 29.0 Å². The second kappa shape index (κ2) is 10.8. The van der Waals surface area contributed by atoms with Crippen LogP contribution in [0.2, 0.25) is 0 Å². The van der Waals surface area contributed by atoms with Gasteiger partial charge >= 0.3 is 5.97 Å². The Morgan fingerprint density at radius 3 is 2.37 bits per heavy atom. The second-order valence-electron chi connectivity index (χ2n) is 9.00. The quantitative estimate of drug-likeness (QED) is 0.475. The van der Waals surface area contributed by atoms with Gasteiger partial charge in [0.1, 0.15) is 5.50 Å². The molecule has 2 atom stereocenters. The number of carbonyl (C=O) groups is 3. The fourth-order valence-corrected chi connectivity index (χ4v) is 5.78. The number of esters is 1. The fourth-order valence-electron chi connectivity index (χ4n) is 3.47. The molecule has 0 spiro atoms. The zero-order valence-electron chi connectivity index (χ0n) is 20.0. The van der Waals surface area contributed by atoms with Crippen molar-refractivity contribution in [2.24, 2.45) is 0 Å². The van der Waals surface area contributed by atoms with Crippen molar-refractivity contribution >= 4 is 45.1 Å². The maximum Gasteiger partial charge on any atom is 0.339 e. The maximum absolute atomic E-state index is 13.0. The molecule has 2 amide bonds. The molecule has 2 unspecified atom stereocenters. The Labute approximate surface area is 209 Å². The molecule has 0 saturated carbocycles. The summed E-state index contributed by atoms with van der Waals surface area (Å²) < 4.78 is 30.8. The van der Waals surface area contributed by atoms with Gasteiger partial charge < -0.3 is 15.4 Å². The highest BCUT2D eigenvalue weighted by molar-refractivity contribution is 8.00. The van der Waals surface area contributed by atoms with Crippen LogP contribution in [0.4, 0.5) is 5.69 Å². The lowest BCUT2D eigenvalue weighted by Crippen LogP contribution is -2.59. The Morgan fingerprint density at radius 1 is 1.11 bits per heavy atom. The van der Waals surface area contributed by atoms with Gasteiger partial charge in [-0.1, -0.05) is 45.0 Å². The Hall–Kier alpha value is -2.89. The first-order valence-electron chi connectivity index (χ1n) is 10.9. The minimum Gasteiger partial charge on any atom is -0.465 e. The molecule has 35 heavy (non-hydrogen) atoms. The van der Waals surface area contributed by atoms with E-state index >= 15 is 0 Å². The van der Waals surface area contributed by atoms with Crippen molar-refractivity contribution in [3.8, 4) is 0 Å². The topological polar surface area (TPSA) is 131 Å². The summed E-state index contributed by atoms with van der Waals surface area (Å²) in [5.74, 6) is -1.64. The third-order valence-corrected chi connectivity index (χ3v) is 8.57. The van der Waals surface area contributed by atoms with Crippen LogP contribution in [0.15, 0.2) is 53.4 Å². The van der Waals surface area contributed by atoms with Crippen LogP contribution < -0.4 is 16.0 Å². The lowest BCUT2D eigenvalue weighted by atomic mass is 9.87. The van der Waals surface area contributed by atoms with Crippen molar-refractivity contribution < 1.29 is 27.5 Å². The zero-order valence-corrected chi connectivity index (χ0v) is 21.6. The van der Waals surface area contributed by atoms with Crippen LogP contribution in [0, 0.1) is 0 Å². The summed E-state index contributed by atoms with van der Waals surface area (Å²) in [5, 5.41) is 6.95. The Morgan fingerprint density at radius 2 is 1.77 bits per heavy atom. The van der Waals surface area contributed by atoms with Gasteiger partial charge in [-0.05, 0) is 35.2 Å². The zero-order chi connectivity index (χ0) is 25.8. The van der Waals surface area contributed by atoms with E-state index in [2.05, 4.69) is 16.0 Å². The van der Waals surface area contributed by atoms with Crippen molar-refractivity contribution in [3.63, 3.8) is 0 Å². The Kier molecular flexibility index (Phi) is 8.24. The molecule has 2 aromatic rings. The molecule has 0 bridgehead atoms. The number of hydrogen-bond acceptors (Lipinski definition) is 8. The van der Waals surface area contributed by atoms with Gasteiger partial charge in [0.2, 0.25) is 11.8 Å². The molecule has 0 aromatic heterocycles. The van der Waals surface area contributed by atoms with E-state index in [1.165, 1.54) is 25.3 Å². The number of nitrogens with one attached hydrogen (secondary N) is 3. The van der Waals surface area contributed by atoms with Gasteiger partial charge in [0, 0.05) is 6.54 Å². The number of anilines is 1.